The number of hydrogen-bond acceptors (Lipinski definition) is 7. The van der Waals surface area contributed by atoms with Crippen molar-refractivity contribution in [2.45, 2.75) is 13.5 Å². The molecule has 0 unspecified atom stereocenters. The van der Waals surface area contributed by atoms with Crippen LogP contribution in [-0.2, 0) is 23.2 Å². The number of carbonyl (C=O) groups excluding carboxylic acids is 3. The van der Waals surface area contributed by atoms with Gasteiger partial charge in [-0.1, -0.05) is 36.4 Å². The predicted molar refractivity (Wildman–Crippen MR) is 161 cm³/mol. The molecule has 1 N–H and O–H groups in total. The zero-order chi connectivity index (χ0) is 30.7. The van der Waals surface area contributed by atoms with Gasteiger partial charge in [0.1, 0.15) is 24.7 Å². The molecule has 0 atom stereocenters. The van der Waals surface area contributed by atoms with Gasteiger partial charge < -0.3 is 14.8 Å². The van der Waals surface area contributed by atoms with Gasteiger partial charge in [-0.15, -0.1) is 0 Å². The van der Waals surface area contributed by atoms with Crippen LogP contribution in [0.3, 0.4) is 0 Å². The SMILES string of the molecule is COc1cc(/C=C2\SC(=O)N(CC(=O)Nc3c(C)n(C)n(-c4ccccc4)c3=O)C2=O)ccc1OCc1ccc(F)cc1. The van der Waals surface area contributed by atoms with E-state index in [2.05, 4.69) is 5.32 Å². The summed E-state index contributed by atoms with van der Waals surface area (Å²) in [4.78, 5) is 52.7. The fraction of sp³-hybridized carbons (Fsp3) is 0.161. The van der Waals surface area contributed by atoms with Gasteiger partial charge in [0.2, 0.25) is 5.91 Å². The molecule has 1 fully saturated rings. The fourth-order valence-corrected chi connectivity index (χ4v) is 5.30. The van der Waals surface area contributed by atoms with Crippen molar-refractivity contribution in [3.8, 4) is 17.2 Å². The first-order chi connectivity index (χ1) is 20.7. The van der Waals surface area contributed by atoms with E-state index >= 15 is 0 Å². The van der Waals surface area contributed by atoms with Crippen LogP contribution in [0.15, 0.2) is 82.5 Å². The number of hydrogen-bond donors (Lipinski definition) is 1. The van der Waals surface area contributed by atoms with Gasteiger partial charge in [0, 0.05) is 7.05 Å². The zero-order valence-corrected chi connectivity index (χ0v) is 24.3. The highest BCUT2D eigenvalue weighted by Gasteiger charge is 2.36. The van der Waals surface area contributed by atoms with Gasteiger partial charge >= 0.3 is 0 Å². The van der Waals surface area contributed by atoms with Gasteiger partial charge in [-0.2, -0.15) is 0 Å². The average Bonchev–Trinajstić information content (AvgIpc) is 3.38. The van der Waals surface area contributed by atoms with Crippen LogP contribution in [0.25, 0.3) is 11.8 Å². The summed E-state index contributed by atoms with van der Waals surface area (Å²) in [6.45, 7) is 1.33. The van der Waals surface area contributed by atoms with Crippen molar-refractivity contribution in [2.75, 3.05) is 19.0 Å². The number of carbonyl (C=O) groups is 3. The molecule has 1 aromatic heterocycles. The number of thioether (sulfide) groups is 1. The van der Waals surface area contributed by atoms with Gasteiger partial charge in [0.15, 0.2) is 11.5 Å². The number of nitrogens with one attached hydrogen (secondary N) is 1. The average molecular weight is 603 g/mol. The Balaban J connectivity index is 1.27. The molecular weight excluding hydrogens is 575 g/mol. The number of methoxy groups -OCH3 is 1. The number of aromatic nitrogens is 2. The number of rotatable bonds is 9. The van der Waals surface area contributed by atoms with Crippen LogP contribution in [0.4, 0.5) is 14.9 Å². The van der Waals surface area contributed by atoms with Gasteiger partial charge in [-0.25, -0.2) is 9.07 Å². The van der Waals surface area contributed by atoms with Crippen molar-refractivity contribution < 1.29 is 28.2 Å². The number of para-hydroxylation sites is 1. The van der Waals surface area contributed by atoms with Gasteiger partial charge in [0.25, 0.3) is 16.7 Å². The number of nitrogens with zero attached hydrogens (tertiary/aromatic N) is 3. The van der Waals surface area contributed by atoms with Crippen LogP contribution in [-0.4, -0.2) is 45.0 Å². The maximum absolute atomic E-state index is 13.2. The number of ether oxygens (including phenoxy) is 2. The molecule has 12 heteroatoms. The molecule has 0 spiro atoms. The molecule has 0 saturated carbocycles. The lowest BCUT2D eigenvalue weighted by molar-refractivity contribution is -0.127. The van der Waals surface area contributed by atoms with Crippen molar-refractivity contribution >= 4 is 40.6 Å². The summed E-state index contributed by atoms with van der Waals surface area (Å²) in [7, 11) is 3.17. The van der Waals surface area contributed by atoms with Crippen molar-refractivity contribution in [1.82, 2.24) is 14.3 Å². The first-order valence-electron chi connectivity index (χ1n) is 13.1. The molecular formula is C31H27FN4O6S. The predicted octanol–water partition coefficient (Wildman–Crippen LogP) is 4.89. The highest BCUT2D eigenvalue weighted by molar-refractivity contribution is 8.18. The van der Waals surface area contributed by atoms with E-state index in [9.17, 15) is 23.6 Å². The van der Waals surface area contributed by atoms with Gasteiger partial charge in [-0.05, 0) is 72.3 Å². The standard InChI is InChI=1S/C31H27FN4O6S/c1-19-28(30(39)36(34(19)2)23-7-5-4-6-8-23)33-27(37)17-35-29(38)26(43-31(35)40)16-21-11-14-24(25(15-21)41-3)42-18-20-9-12-22(32)13-10-20/h4-16H,17-18H2,1-3H3,(H,33,37)/b26-16-. The van der Waals surface area contributed by atoms with Crippen LogP contribution in [0.1, 0.15) is 16.8 Å². The molecule has 220 valence electrons. The minimum atomic E-state index is -0.682. The molecule has 0 radical (unpaired) electrons. The van der Waals surface area contributed by atoms with Crippen molar-refractivity contribution in [2.24, 2.45) is 7.05 Å². The van der Waals surface area contributed by atoms with Crippen molar-refractivity contribution in [3.05, 3.63) is 111 Å². The molecule has 0 bridgehead atoms. The van der Waals surface area contributed by atoms with Crippen LogP contribution >= 0.6 is 11.8 Å². The second kappa shape index (κ2) is 12.4. The second-order valence-electron chi connectivity index (χ2n) is 9.58. The maximum atomic E-state index is 13.2. The molecule has 1 aliphatic heterocycles. The fourth-order valence-electron chi connectivity index (χ4n) is 4.46. The Morgan fingerprint density at radius 3 is 2.42 bits per heavy atom. The summed E-state index contributed by atoms with van der Waals surface area (Å²) in [6, 6.07) is 19.9. The third kappa shape index (κ3) is 6.24. The van der Waals surface area contributed by atoms with Crippen LogP contribution in [0.5, 0.6) is 11.5 Å². The van der Waals surface area contributed by atoms with Crippen LogP contribution in [0, 0.1) is 12.7 Å². The van der Waals surface area contributed by atoms with E-state index in [1.165, 1.54) is 30.0 Å². The minimum Gasteiger partial charge on any atom is -0.493 e. The van der Waals surface area contributed by atoms with E-state index in [1.807, 2.05) is 6.07 Å². The number of imide groups is 1. The first-order valence-corrected chi connectivity index (χ1v) is 13.9. The molecule has 0 aliphatic carbocycles. The lowest BCUT2D eigenvalue weighted by Crippen LogP contribution is -2.37. The van der Waals surface area contributed by atoms with Crippen LogP contribution in [0.2, 0.25) is 0 Å². The topological polar surface area (TPSA) is 112 Å². The summed E-state index contributed by atoms with van der Waals surface area (Å²) >= 11 is 0.707. The summed E-state index contributed by atoms with van der Waals surface area (Å²) in [6.07, 6.45) is 1.52. The lowest BCUT2D eigenvalue weighted by atomic mass is 10.1. The quantitative estimate of drug-likeness (QED) is 0.272. The third-order valence-corrected chi connectivity index (χ3v) is 7.69. The highest BCUT2D eigenvalue weighted by Crippen LogP contribution is 2.35. The monoisotopic (exact) mass is 602 g/mol. The largest absolute Gasteiger partial charge is 0.493 e. The Hall–Kier alpha value is -5.10. The van der Waals surface area contributed by atoms with E-state index < -0.39 is 29.2 Å². The highest BCUT2D eigenvalue weighted by atomic mass is 32.2. The Labute approximate surface area is 250 Å². The molecule has 4 aromatic rings. The minimum absolute atomic E-state index is 0.0627. The molecule has 3 aromatic carbocycles. The number of benzene rings is 3. The van der Waals surface area contributed by atoms with E-state index in [1.54, 1.807) is 73.3 Å². The van der Waals surface area contributed by atoms with Crippen LogP contribution < -0.4 is 20.3 Å². The van der Waals surface area contributed by atoms with E-state index in [-0.39, 0.29) is 23.0 Å². The number of anilines is 1. The Morgan fingerprint density at radius 1 is 1.00 bits per heavy atom. The normalized spacial score (nSPS) is 14.0. The smallest absolute Gasteiger partial charge is 0.295 e. The molecule has 1 aliphatic rings. The number of amides is 3. The Kier molecular flexibility index (Phi) is 8.48. The van der Waals surface area contributed by atoms with Gasteiger partial charge in [-0.3, -0.25) is 28.8 Å². The Bertz CT molecular complexity index is 1800. The zero-order valence-electron chi connectivity index (χ0n) is 23.5. The molecule has 2 heterocycles. The van der Waals surface area contributed by atoms with E-state index in [0.29, 0.717) is 40.2 Å². The summed E-state index contributed by atoms with van der Waals surface area (Å²) in [5, 5.41) is 1.97. The summed E-state index contributed by atoms with van der Waals surface area (Å²) in [5.41, 5.74) is 2.10. The summed E-state index contributed by atoms with van der Waals surface area (Å²) < 4.78 is 27.4. The molecule has 43 heavy (non-hydrogen) atoms. The maximum Gasteiger partial charge on any atom is 0.295 e. The molecule has 10 nitrogen and oxygen atoms in total. The Morgan fingerprint density at radius 2 is 1.72 bits per heavy atom. The summed E-state index contributed by atoms with van der Waals surface area (Å²) in [5.74, 6) is -0.814. The molecule has 1 saturated heterocycles. The van der Waals surface area contributed by atoms with Gasteiger partial charge in [0.05, 0.1) is 23.4 Å². The van der Waals surface area contributed by atoms with E-state index in [4.69, 9.17) is 9.47 Å². The first kappa shape index (κ1) is 29.4. The molecule has 5 rings (SSSR count). The molecule has 3 amide bonds. The van der Waals surface area contributed by atoms with E-state index in [0.717, 1.165) is 10.5 Å². The third-order valence-electron chi connectivity index (χ3n) is 6.79. The van der Waals surface area contributed by atoms with Crippen molar-refractivity contribution in [3.63, 3.8) is 0 Å². The van der Waals surface area contributed by atoms with Crippen molar-refractivity contribution in [1.29, 1.82) is 0 Å². The second-order valence-corrected chi connectivity index (χ2v) is 10.6. The lowest BCUT2D eigenvalue weighted by Gasteiger charge is -2.12. The number of halogens is 1.